The highest BCUT2D eigenvalue weighted by Gasteiger charge is 2.47. The molecule has 0 radical (unpaired) electrons. The highest BCUT2D eigenvalue weighted by atomic mass is 35.5. The van der Waals surface area contributed by atoms with Crippen molar-refractivity contribution in [3.05, 3.63) is 34.9 Å². The first-order chi connectivity index (χ1) is 8.95. The number of amides is 1. The fourth-order valence-electron chi connectivity index (χ4n) is 2.79. The van der Waals surface area contributed by atoms with Crippen LogP contribution in [-0.2, 0) is 10.2 Å². The summed E-state index contributed by atoms with van der Waals surface area (Å²) in [6.07, 6.45) is 2.26. The molecule has 1 aromatic carbocycles. The molecule has 3 nitrogen and oxygen atoms in total. The molecule has 0 aromatic heterocycles. The Morgan fingerprint density at radius 1 is 1.53 bits per heavy atom. The van der Waals surface area contributed by atoms with Gasteiger partial charge in [0.15, 0.2) is 0 Å². The third kappa shape index (κ3) is 2.77. The van der Waals surface area contributed by atoms with Crippen molar-refractivity contribution in [2.45, 2.75) is 37.7 Å². The number of aliphatic hydroxyl groups excluding tert-OH is 1. The maximum atomic E-state index is 12.7. The molecule has 0 saturated heterocycles. The first kappa shape index (κ1) is 14.4. The van der Waals surface area contributed by atoms with E-state index in [1.807, 2.05) is 24.3 Å². The Kier molecular flexibility index (Phi) is 4.16. The Balaban J connectivity index is 2.25. The zero-order valence-corrected chi connectivity index (χ0v) is 12.2. The molecule has 2 rings (SSSR count). The zero-order valence-electron chi connectivity index (χ0n) is 11.4. The normalized spacial score (nSPS) is 18.5. The van der Waals surface area contributed by atoms with Gasteiger partial charge in [0.2, 0.25) is 5.91 Å². The molecule has 19 heavy (non-hydrogen) atoms. The molecule has 0 heterocycles. The molecular weight excluding hydrogens is 262 g/mol. The van der Waals surface area contributed by atoms with Crippen LogP contribution in [0, 0.1) is 0 Å². The van der Waals surface area contributed by atoms with E-state index in [1.54, 1.807) is 18.9 Å². The van der Waals surface area contributed by atoms with Crippen LogP contribution in [-0.4, -0.2) is 35.6 Å². The number of carbonyl (C=O) groups is 1. The van der Waals surface area contributed by atoms with Gasteiger partial charge < -0.3 is 10.0 Å². The van der Waals surface area contributed by atoms with E-state index in [9.17, 15) is 9.90 Å². The Labute approximate surface area is 119 Å². The Bertz CT molecular complexity index is 469. The molecule has 1 aromatic rings. The van der Waals surface area contributed by atoms with Crippen LogP contribution in [0.3, 0.4) is 0 Å². The number of halogens is 1. The summed E-state index contributed by atoms with van der Waals surface area (Å²) in [7, 11) is 1.75. The smallest absolute Gasteiger partial charge is 0.233 e. The maximum absolute atomic E-state index is 12.7. The second-order valence-corrected chi connectivity index (χ2v) is 5.92. The standard InChI is InChI=1S/C15H20ClNO2/c1-11(18)10-17(2)14(19)15(7-4-8-15)12-5-3-6-13(16)9-12/h3,5-6,9,11,18H,4,7-8,10H2,1-2H3. The average Bonchev–Trinajstić information content (AvgIpc) is 2.26. The molecule has 1 atom stereocenters. The van der Waals surface area contributed by atoms with Crippen molar-refractivity contribution in [2.75, 3.05) is 13.6 Å². The molecule has 1 aliphatic rings. The van der Waals surface area contributed by atoms with E-state index in [0.717, 1.165) is 24.8 Å². The number of nitrogens with zero attached hydrogens (tertiary/aromatic N) is 1. The Morgan fingerprint density at radius 2 is 2.21 bits per heavy atom. The Morgan fingerprint density at radius 3 is 2.68 bits per heavy atom. The fourth-order valence-corrected chi connectivity index (χ4v) is 2.98. The summed E-state index contributed by atoms with van der Waals surface area (Å²) in [6.45, 7) is 2.05. The van der Waals surface area contributed by atoms with Crippen LogP contribution in [0.2, 0.25) is 5.02 Å². The first-order valence-electron chi connectivity index (χ1n) is 6.65. The number of aliphatic hydroxyl groups is 1. The number of benzene rings is 1. The van der Waals surface area contributed by atoms with Gasteiger partial charge in [-0.2, -0.15) is 0 Å². The van der Waals surface area contributed by atoms with Crippen molar-refractivity contribution < 1.29 is 9.90 Å². The van der Waals surface area contributed by atoms with E-state index >= 15 is 0 Å². The van der Waals surface area contributed by atoms with Crippen molar-refractivity contribution in [3.63, 3.8) is 0 Å². The van der Waals surface area contributed by atoms with Gasteiger partial charge in [0.1, 0.15) is 0 Å². The highest BCUT2D eigenvalue weighted by molar-refractivity contribution is 6.30. The van der Waals surface area contributed by atoms with Crippen molar-refractivity contribution in [1.29, 1.82) is 0 Å². The summed E-state index contributed by atoms with van der Waals surface area (Å²) in [5.41, 5.74) is 0.558. The van der Waals surface area contributed by atoms with Crippen LogP contribution >= 0.6 is 11.6 Å². The van der Waals surface area contributed by atoms with Crippen molar-refractivity contribution >= 4 is 17.5 Å². The van der Waals surface area contributed by atoms with E-state index in [0.29, 0.717) is 11.6 Å². The zero-order chi connectivity index (χ0) is 14.0. The number of hydrogen-bond donors (Lipinski definition) is 1. The van der Waals surface area contributed by atoms with Crippen LogP contribution in [0.15, 0.2) is 24.3 Å². The third-order valence-electron chi connectivity index (χ3n) is 3.88. The minimum absolute atomic E-state index is 0.0851. The van der Waals surface area contributed by atoms with Crippen LogP contribution in [0.4, 0.5) is 0 Å². The van der Waals surface area contributed by atoms with Gasteiger partial charge in [-0.3, -0.25) is 4.79 Å². The fraction of sp³-hybridized carbons (Fsp3) is 0.533. The van der Waals surface area contributed by atoms with Crippen molar-refractivity contribution in [1.82, 2.24) is 4.90 Å². The predicted molar refractivity (Wildman–Crippen MR) is 76.3 cm³/mol. The minimum atomic E-state index is -0.509. The molecule has 4 heteroatoms. The summed E-state index contributed by atoms with van der Waals surface area (Å²) in [4.78, 5) is 14.3. The molecule has 0 spiro atoms. The molecule has 1 saturated carbocycles. The minimum Gasteiger partial charge on any atom is -0.392 e. The van der Waals surface area contributed by atoms with Crippen LogP contribution in [0.1, 0.15) is 31.7 Å². The molecule has 1 fully saturated rings. The molecule has 1 unspecified atom stereocenters. The molecule has 0 bridgehead atoms. The lowest BCUT2D eigenvalue weighted by molar-refractivity contribution is -0.140. The molecule has 1 aliphatic carbocycles. The average molecular weight is 282 g/mol. The first-order valence-corrected chi connectivity index (χ1v) is 7.03. The van der Waals surface area contributed by atoms with E-state index in [-0.39, 0.29) is 5.91 Å². The lowest BCUT2D eigenvalue weighted by atomic mass is 9.63. The predicted octanol–water partition coefficient (Wildman–Crippen LogP) is 2.60. The number of likely N-dealkylation sites (N-methyl/N-ethyl adjacent to an activating group) is 1. The monoisotopic (exact) mass is 281 g/mol. The van der Waals surface area contributed by atoms with Gasteiger partial charge in [-0.25, -0.2) is 0 Å². The topological polar surface area (TPSA) is 40.5 Å². The number of hydrogen-bond acceptors (Lipinski definition) is 2. The maximum Gasteiger partial charge on any atom is 0.233 e. The summed E-state index contributed by atoms with van der Waals surface area (Å²) < 4.78 is 0. The van der Waals surface area contributed by atoms with Crippen LogP contribution in [0.25, 0.3) is 0 Å². The van der Waals surface area contributed by atoms with Gasteiger partial charge in [-0.05, 0) is 37.5 Å². The van der Waals surface area contributed by atoms with E-state index in [1.165, 1.54) is 0 Å². The second-order valence-electron chi connectivity index (χ2n) is 5.48. The quantitative estimate of drug-likeness (QED) is 0.922. The molecule has 1 amide bonds. The van der Waals surface area contributed by atoms with Crippen LogP contribution in [0.5, 0.6) is 0 Å². The van der Waals surface area contributed by atoms with Gasteiger partial charge in [-0.1, -0.05) is 30.2 Å². The lowest BCUT2D eigenvalue weighted by Gasteiger charge is -2.43. The number of rotatable bonds is 4. The van der Waals surface area contributed by atoms with Crippen LogP contribution < -0.4 is 0 Å². The van der Waals surface area contributed by atoms with Gasteiger partial charge >= 0.3 is 0 Å². The summed E-state index contributed by atoms with van der Waals surface area (Å²) in [5.74, 6) is 0.0851. The second kappa shape index (κ2) is 5.51. The molecular formula is C15H20ClNO2. The number of carbonyl (C=O) groups excluding carboxylic acids is 1. The van der Waals surface area contributed by atoms with E-state index in [4.69, 9.17) is 11.6 Å². The molecule has 0 aliphatic heterocycles. The molecule has 104 valence electrons. The highest BCUT2D eigenvalue weighted by Crippen LogP contribution is 2.45. The summed E-state index contributed by atoms with van der Waals surface area (Å²) in [5, 5.41) is 10.1. The van der Waals surface area contributed by atoms with Gasteiger partial charge in [0.25, 0.3) is 0 Å². The van der Waals surface area contributed by atoms with E-state index < -0.39 is 11.5 Å². The third-order valence-corrected chi connectivity index (χ3v) is 4.11. The van der Waals surface area contributed by atoms with Crippen molar-refractivity contribution in [2.24, 2.45) is 0 Å². The van der Waals surface area contributed by atoms with Crippen molar-refractivity contribution in [3.8, 4) is 0 Å². The lowest BCUT2D eigenvalue weighted by Crippen LogP contribution is -2.51. The SMILES string of the molecule is CC(O)CN(C)C(=O)C1(c2cccc(Cl)c2)CCC1. The Hall–Kier alpha value is -1.06. The summed E-state index contributed by atoms with van der Waals surface area (Å²) >= 11 is 6.04. The van der Waals surface area contributed by atoms with Gasteiger partial charge in [-0.15, -0.1) is 0 Å². The van der Waals surface area contributed by atoms with Gasteiger partial charge in [0.05, 0.1) is 11.5 Å². The summed E-state index contributed by atoms with van der Waals surface area (Å²) in [6, 6.07) is 7.56. The largest absolute Gasteiger partial charge is 0.392 e. The molecule has 1 N–H and O–H groups in total. The van der Waals surface area contributed by atoms with Gasteiger partial charge in [0, 0.05) is 18.6 Å². The van der Waals surface area contributed by atoms with E-state index in [2.05, 4.69) is 0 Å².